The summed E-state index contributed by atoms with van der Waals surface area (Å²) in [6.45, 7) is 4.22. The lowest BCUT2D eigenvalue weighted by Crippen LogP contribution is -1.76. The van der Waals surface area contributed by atoms with Gasteiger partial charge in [0.15, 0.2) is 0 Å². The standard InChI is InChI=1S/C7H10.C7H8.CH4/c2*1-7-5-3-2-4-6-7;/h3,5-6H,2,4H2,1H3;2-6H,1H3;1H4. The van der Waals surface area contributed by atoms with Crippen LogP contribution in [0.2, 0.25) is 0 Å². The minimum absolute atomic E-state index is 0. The quantitative estimate of drug-likeness (QED) is 0.560. The highest BCUT2D eigenvalue weighted by Crippen LogP contribution is 2.06. The molecular formula is C15H22. The molecule has 1 aliphatic carbocycles. The lowest BCUT2D eigenvalue weighted by atomic mass is 10.1. The molecule has 0 unspecified atom stereocenters. The summed E-state index contributed by atoms with van der Waals surface area (Å²) in [7, 11) is 0. The SMILES string of the molecule is C.CC1=CCCC=C1.Cc1ccccc1. The molecule has 0 heterocycles. The average Bonchev–Trinajstić information content (AvgIpc) is 2.21. The van der Waals surface area contributed by atoms with Gasteiger partial charge in [-0.25, -0.2) is 0 Å². The highest BCUT2D eigenvalue weighted by Gasteiger charge is 1.86. The Bertz CT molecular complexity index is 304. The zero-order valence-corrected chi connectivity index (χ0v) is 9.03. The van der Waals surface area contributed by atoms with Crippen molar-refractivity contribution in [2.24, 2.45) is 0 Å². The van der Waals surface area contributed by atoms with Crippen LogP contribution < -0.4 is 0 Å². The Hall–Kier alpha value is -1.30. The Kier molecular flexibility index (Phi) is 7.35. The van der Waals surface area contributed by atoms with Crippen LogP contribution in [0.15, 0.2) is 54.1 Å². The second-order valence-corrected chi connectivity index (χ2v) is 3.58. The molecule has 0 bridgehead atoms. The van der Waals surface area contributed by atoms with Gasteiger partial charge in [-0.2, -0.15) is 0 Å². The normalized spacial score (nSPS) is 13.1. The maximum absolute atomic E-state index is 2.26. The van der Waals surface area contributed by atoms with Crippen LogP contribution in [0.5, 0.6) is 0 Å². The molecule has 0 spiro atoms. The van der Waals surface area contributed by atoms with Crippen LogP contribution in [0, 0.1) is 6.92 Å². The van der Waals surface area contributed by atoms with Crippen LogP contribution in [0.4, 0.5) is 0 Å². The van der Waals surface area contributed by atoms with Gasteiger partial charge in [-0.1, -0.05) is 67.1 Å². The molecule has 0 aliphatic heterocycles. The molecule has 0 N–H and O–H groups in total. The van der Waals surface area contributed by atoms with Crippen LogP contribution in [0.3, 0.4) is 0 Å². The van der Waals surface area contributed by atoms with Crippen molar-refractivity contribution in [2.75, 3.05) is 0 Å². The van der Waals surface area contributed by atoms with E-state index in [2.05, 4.69) is 44.2 Å². The second kappa shape index (κ2) is 8.05. The fraction of sp³-hybridized carbons (Fsp3) is 0.333. The Labute approximate surface area is 94.3 Å². The van der Waals surface area contributed by atoms with Crippen molar-refractivity contribution >= 4 is 0 Å². The monoisotopic (exact) mass is 202 g/mol. The molecule has 0 saturated heterocycles. The van der Waals surface area contributed by atoms with Gasteiger partial charge in [-0.15, -0.1) is 0 Å². The van der Waals surface area contributed by atoms with Crippen LogP contribution in [-0.4, -0.2) is 0 Å². The number of allylic oxidation sites excluding steroid dienone is 4. The summed E-state index contributed by atoms with van der Waals surface area (Å²) in [5, 5.41) is 0. The predicted molar refractivity (Wildman–Crippen MR) is 70.0 cm³/mol. The van der Waals surface area contributed by atoms with E-state index >= 15 is 0 Å². The lowest BCUT2D eigenvalue weighted by Gasteiger charge is -1.96. The molecule has 0 heteroatoms. The van der Waals surface area contributed by atoms with Crippen LogP contribution in [0.25, 0.3) is 0 Å². The molecule has 15 heavy (non-hydrogen) atoms. The minimum Gasteiger partial charge on any atom is -0.0840 e. The van der Waals surface area contributed by atoms with E-state index in [1.54, 1.807) is 0 Å². The van der Waals surface area contributed by atoms with Gasteiger partial charge >= 0.3 is 0 Å². The number of benzene rings is 1. The second-order valence-electron chi connectivity index (χ2n) is 3.58. The van der Waals surface area contributed by atoms with Gasteiger partial charge in [0.05, 0.1) is 0 Å². The average molecular weight is 202 g/mol. The lowest BCUT2D eigenvalue weighted by molar-refractivity contribution is 1.02. The summed E-state index contributed by atoms with van der Waals surface area (Å²) in [5.74, 6) is 0. The maximum atomic E-state index is 2.26. The van der Waals surface area contributed by atoms with E-state index in [0.29, 0.717) is 0 Å². The van der Waals surface area contributed by atoms with Gasteiger partial charge in [0.2, 0.25) is 0 Å². The molecule has 1 aliphatic rings. The highest BCUT2D eigenvalue weighted by atomic mass is 13.9. The molecule has 1 aromatic rings. The van der Waals surface area contributed by atoms with Crippen molar-refractivity contribution in [3.63, 3.8) is 0 Å². The fourth-order valence-electron chi connectivity index (χ4n) is 1.28. The molecule has 0 radical (unpaired) electrons. The number of hydrogen-bond acceptors (Lipinski definition) is 0. The number of rotatable bonds is 0. The molecular weight excluding hydrogens is 180 g/mol. The van der Waals surface area contributed by atoms with E-state index < -0.39 is 0 Å². The summed E-state index contributed by atoms with van der Waals surface area (Å²) in [6, 6.07) is 10.3. The summed E-state index contributed by atoms with van der Waals surface area (Å²) in [5.41, 5.74) is 2.73. The van der Waals surface area contributed by atoms with Crippen molar-refractivity contribution in [1.29, 1.82) is 0 Å². The summed E-state index contributed by atoms with van der Waals surface area (Å²) in [4.78, 5) is 0. The van der Waals surface area contributed by atoms with Crippen molar-refractivity contribution in [3.05, 3.63) is 59.7 Å². The molecule has 1 aromatic carbocycles. The first-order chi connectivity index (χ1) is 6.79. The zero-order valence-electron chi connectivity index (χ0n) is 9.03. The van der Waals surface area contributed by atoms with E-state index in [-0.39, 0.29) is 7.43 Å². The Morgan fingerprint density at radius 3 is 1.87 bits per heavy atom. The van der Waals surface area contributed by atoms with Gasteiger partial charge < -0.3 is 0 Å². The molecule has 0 aromatic heterocycles. The van der Waals surface area contributed by atoms with Crippen molar-refractivity contribution in [1.82, 2.24) is 0 Å². The van der Waals surface area contributed by atoms with Crippen molar-refractivity contribution in [3.8, 4) is 0 Å². The van der Waals surface area contributed by atoms with Gasteiger partial charge in [-0.05, 0) is 26.7 Å². The van der Waals surface area contributed by atoms with E-state index in [4.69, 9.17) is 0 Å². The minimum atomic E-state index is 0. The van der Waals surface area contributed by atoms with Crippen molar-refractivity contribution in [2.45, 2.75) is 34.1 Å². The van der Waals surface area contributed by atoms with Crippen LogP contribution in [0.1, 0.15) is 32.8 Å². The first-order valence-corrected chi connectivity index (χ1v) is 5.14. The van der Waals surface area contributed by atoms with Crippen molar-refractivity contribution < 1.29 is 0 Å². The van der Waals surface area contributed by atoms with Crippen LogP contribution >= 0.6 is 0 Å². The first kappa shape index (κ1) is 13.7. The molecule has 2 rings (SSSR count). The molecule has 0 fully saturated rings. The smallest absolute Gasteiger partial charge is 0.0310 e. The fourth-order valence-corrected chi connectivity index (χ4v) is 1.28. The third kappa shape index (κ3) is 6.73. The summed E-state index contributed by atoms with van der Waals surface area (Å²) < 4.78 is 0. The summed E-state index contributed by atoms with van der Waals surface area (Å²) in [6.07, 6.45) is 9.12. The van der Waals surface area contributed by atoms with Gasteiger partial charge in [0.1, 0.15) is 0 Å². The molecule has 0 atom stereocenters. The van der Waals surface area contributed by atoms with E-state index in [9.17, 15) is 0 Å². The van der Waals surface area contributed by atoms with Crippen LogP contribution in [-0.2, 0) is 0 Å². The molecule has 0 saturated carbocycles. The van der Waals surface area contributed by atoms with Gasteiger partial charge in [0.25, 0.3) is 0 Å². The molecule has 0 nitrogen and oxygen atoms in total. The zero-order chi connectivity index (χ0) is 10.2. The maximum Gasteiger partial charge on any atom is -0.0310 e. The number of aryl methyl sites for hydroxylation is 1. The van der Waals surface area contributed by atoms with E-state index in [0.717, 1.165) is 0 Å². The van der Waals surface area contributed by atoms with E-state index in [1.807, 2.05) is 18.2 Å². The third-order valence-corrected chi connectivity index (χ3v) is 2.12. The Balaban J connectivity index is 0.000000245. The third-order valence-electron chi connectivity index (χ3n) is 2.12. The predicted octanol–water partition coefficient (Wildman–Crippen LogP) is 4.91. The van der Waals surface area contributed by atoms with E-state index in [1.165, 1.54) is 24.0 Å². The Morgan fingerprint density at radius 2 is 1.60 bits per heavy atom. The first-order valence-electron chi connectivity index (χ1n) is 5.14. The summed E-state index contributed by atoms with van der Waals surface area (Å²) >= 11 is 0. The largest absolute Gasteiger partial charge is 0.0840 e. The number of hydrogen-bond donors (Lipinski definition) is 0. The topological polar surface area (TPSA) is 0 Å². The molecule has 82 valence electrons. The highest BCUT2D eigenvalue weighted by molar-refractivity contribution is 5.19. The molecule has 0 amide bonds. The van der Waals surface area contributed by atoms with Gasteiger partial charge in [-0.3, -0.25) is 0 Å². The Morgan fingerprint density at radius 1 is 0.933 bits per heavy atom. The van der Waals surface area contributed by atoms with Gasteiger partial charge in [0, 0.05) is 0 Å².